The SMILES string of the molecule is CN(c1nnco1)S(N)(=O)=O. The Labute approximate surface area is 63.0 Å². The van der Waals surface area contributed by atoms with E-state index in [1.54, 1.807) is 0 Å². The predicted octanol–water partition coefficient (Wildman–Crippen LogP) is -1.29. The van der Waals surface area contributed by atoms with Crippen molar-refractivity contribution < 1.29 is 12.8 Å². The first-order chi connectivity index (χ1) is 5.02. The van der Waals surface area contributed by atoms with E-state index in [1.807, 2.05) is 0 Å². The molecule has 0 bridgehead atoms. The van der Waals surface area contributed by atoms with Crippen LogP contribution >= 0.6 is 0 Å². The van der Waals surface area contributed by atoms with E-state index in [9.17, 15) is 8.42 Å². The lowest BCUT2D eigenvalue weighted by Crippen LogP contribution is -2.33. The molecule has 0 saturated carbocycles. The topological polar surface area (TPSA) is 102 Å². The quantitative estimate of drug-likeness (QED) is 0.606. The van der Waals surface area contributed by atoms with Crippen LogP contribution in [-0.2, 0) is 10.2 Å². The van der Waals surface area contributed by atoms with Crippen molar-refractivity contribution >= 4 is 16.2 Å². The first-order valence-electron chi connectivity index (χ1n) is 2.54. The average molecular weight is 178 g/mol. The van der Waals surface area contributed by atoms with E-state index in [0.717, 1.165) is 6.39 Å². The van der Waals surface area contributed by atoms with Crippen LogP contribution in [0.1, 0.15) is 0 Å². The lowest BCUT2D eigenvalue weighted by molar-refractivity contribution is 0.549. The highest BCUT2D eigenvalue weighted by Gasteiger charge is 2.16. The number of aromatic nitrogens is 2. The lowest BCUT2D eigenvalue weighted by Gasteiger charge is -2.08. The number of anilines is 1. The van der Waals surface area contributed by atoms with Crippen LogP contribution in [0.5, 0.6) is 0 Å². The maximum atomic E-state index is 10.6. The van der Waals surface area contributed by atoms with Crippen LogP contribution in [0.3, 0.4) is 0 Å². The molecular weight excluding hydrogens is 172 g/mol. The van der Waals surface area contributed by atoms with Gasteiger partial charge in [-0.2, -0.15) is 8.42 Å². The Kier molecular flexibility index (Phi) is 1.79. The van der Waals surface area contributed by atoms with E-state index < -0.39 is 10.2 Å². The zero-order valence-corrected chi connectivity index (χ0v) is 6.45. The summed E-state index contributed by atoms with van der Waals surface area (Å²) in [6, 6.07) is -0.160. The van der Waals surface area contributed by atoms with Crippen LogP contribution in [-0.4, -0.2) is 25.7 Å². The minimum atomic E-state index is -3.79. The number of hydrogen-bond acceptors (Lipinski definition) is 5. The fraction of sp³-hybridized carbons (Fsp3) is 0.333. The molecule has 2 N–H and O–H groups in total. The van der Waals surface area contributed by atoms with Crippen LogP contribution in [0.25, 0.3) is 0 Å². The van der Waals surface area contributed by atoms with Gasteiger partial charge < -0.3 is 4.42 Å². The van der Waals surface area contributed by atoms with Gasteiger partial charge in [-0.3, -0.25) is 0 Å². The van der Waals surface area contributed by atoms with Crippen molar-refractivity contribution in [2.24, 2.45) is 5.14 Å². The van der Waals surface area contributed by atoms with E-state index in [1.165, 1.54) is 7.05 Å². The third-order valence-corrected chi connectivity index (χ3v) is 1.92. The molecule has 0 spiro atoms. The molecule has 1 aromatic heterocycles. The van der Waals surface area contributed by atoms with Crippen molar-refractivity contribution in [1.29, 1.82) is 0 Å². The van der Waals surface area contributed by atoms with Gasteiger partial charge in [-0.05, 0) is 0 Å². The van der Waals surface area contributed by atoms with E-state index in [-0.39, 0.29) is 6.01 Å². The maximum Gasteiger partial charge on any atom is 0.332 e. The van der Waals surface area contributed by atoms with Gasteiger partial charge in [0.1, 0.15) is 0 Å². The molecule has 0 atom stereocenters. The van der Waals surface area contributed by atoms with Gasteiger partial charge in [-0.15, -0.1) is 5.10 Å². The Morgan fingerprint density at radius 2 is 2.36 bits per heavy atom. The molecule has 0 amide bonds. The van der Waals surface area contributed by atoms with Gasteiger partial charge in [0.15, 0.2) is 0 Å². The molecular formula is C3H6N4O3S. The van der Waals surface area contributed by atoms with Gasteiger partial charge in [0.05, 0.1) is 0 Å². The van der Waals surface area contributed by atoms with Crippen molar-refractivity contribution in [3.8, 4) is 0 Å². The zero-order valence-electron chi connectivity index (χ0n) is 5.63. The van der Waals surface area contributed by atoms with E-state index in [4.69, 9.17) is 5.14 Å². The minimum absolute atomic E-state index is 0.160. The fourth-order valence-electron chi connectivity index (χ4n) is 0.413. The van der Waals surface area contributed by atoms with Crippen molar-refractivity contribution in [2.45, 2.75) is 0 Å². The van der Waals surface area contributed by atoms with E-state index in [2.05, 4.69) is 14.6 Å². The second kappa shape index (κ2) is 2.47. The molecule has 8 heteroatoms. The second-order valence-corrected chi connectivity index (χ2v) is 3.31. The smallest absolute Gasteiger partial charge is 0.332 e. The van der Waals surface area contributed by atoms with Crippen molar-refractivity contribution in [3.05, 3.63) is 6.39 Å². The molecule has 1 aromatic rings. The van der Waals surface area contributed by atoms with E-state index in [0.29, 0.717) is 4.31 Å². The minimum Gasteiger partial charge on any atom is -0.410 e. The highest BCUT2D eigenvalue weighted by atomic mass is 32.2. The summed E-state index contributed by atoms with van der Waals surface area (Å²) in [5.74, 6) is 0. The summed E-state index contributed by atoms with van der Waals surface area (Å²) in [6.07, 6.45) is 1.01. The summed E-state index contributed by atoms with van der Waals surface area (Å²) < 4.78 is 26.5. The highest BCUT2D eigenvalue weighted by molar-refractivity contribution is 7.90. The van der Waals surface area contributed by atoms with Gasteiger partial charge in [0, 0.05) is 7.05 Å². The predicted molar refractivity (Wildman–Crippen MR) is 35.8 cm³/mol. The maximum absolute atomic E-state index is 10.6. The number of hydrogen-bond donors (Lipinski definition) is 1. The summed E-state index contributed by atoms with van der Waals surface area (Å²) in [7, 11) is -2.58. The zero-order chi connectivity index (χ0) is 8.48. The molecule has 0 aromatic carbocycles. The molecule has 1 rings (SSSR count). The molecule has 1 heterocycles. The first kappa shape index (κ1) is 7.95. The summed E-state index contributed by atoms with van der Waals surface area (Å²) >= 11 is 0. The molecule has 7 nitrogen and oxygen atoms in total. The number of rotatable bonds is 2. The number of nitrogens with two attached hydrogens (primary N) is 1. The first-order valence-corrected chi connectivity index (χ1v) is 4.05. The Balaban J connectivity index is 2.97. The highest BCUT2D eigenvalue weighted by Crippen LogP contribution is 2.07. The molecule has 11 heavy (non-hydrogen) atoms. The normalized spacial score (nSPS) is 11.5. The fourth-order valence-corrected chi connectivity index (χ4v) is 0.711. The standard InChI is InChI=1S/C3H6N4O3S/c1-7(11(4,8)9)3-6-5-2-10-3/h2H,1H3,(H2,4,8,9). The molecule has 0 aliphatic carbocycles. The third-order valence-electron chi connectivity index (χ3n) is 1.000. The molecule has 0 saturated heterocycles. The lowest BCUT2D eigenvalue weighted by atomic mass is 11.1. The largest absolute Gasteiger partial charge is 0.410 e. The van der Waals surface area contributed by atoms with Gasteiger partial charge >= 0.3 is 16.2 Å². The molecule has 0 aliphatic heterocycles. The van der Waals surface area contributed by atoms with Crippen LogP contribution in [0.2, 0.25) is 0 Å². The monoisotopic (exact) mass is 178 g/mol. The van der Waals surface area contributed by atoms with Gasteiger partial charge in [-0.1, -0.05) is 5.10 Å². The van der Waals surface area contributed by atoms with Crippen molar-refractivity contribution in [3.63, 3.8) is 0 Å². The Bertz CT molecular complexity index is 316. The molecule has 0 radical (unpaired) electrons. The number of nitrogens with zero attached hydrogens (tertiary/aromatic N) is 3. The van der Waals surface area contributed by atoms with Crippen LogP contribution in [0, 0.1) is 0 Å². The van der Waals surface area contributed by atoms with Crippen molar-refractivity contribution in [1.82, 2.24) is 10.2 Å². The Morgan fingerprint density at radius 3 is 2.73 bits per heavy atom. The van der Waals surface area contributed by atoms with Crippen LogP contribution in [0.4, 0.5) is 6.01 Å². The van der Waals surface area contributed by atoms with Crippen LogP contribution in [0.15, 0.2) is 10.8 Å². The summed E-state index contributed by atoms with van der Waals surface area (Å²) in [6.45, 7) is 0. The Morgan fingerprint density at radius 1 is 1.73 bits per heavy atom. The molecule has 62 valence electrons. The summed E-state index contributed by atoms with van der Waals surface area (Å²) in [5.41, 5.74) is 0. The van der Waals surface area contributed by atoms with Crippen molar-refractivity contribution in [2.75, 3.05) is 11.4 Å². The second-order valence-electron chi connectivity index (χ2n) is 1.73. The third kappa shape index (κ3) is 1.65. The Hall–Kier alpha value is -1.15. The van der Waals surface area contributed by atoms with E-state index >= 15 is 0 Å². The average Bonchev–Trinajstić information content (AvgIpc) is 2.34. The molecule has 0 unspecified atom stereocenters. The van der Waals surface area contributed by atoms with Gasteiger partial charge in [0.2, 0.25) is 6.39 Å². The summed E-state index contributed by atoms with van der Waals surface area (Å²) in [4.78, 5) is 0. The van der Waals surface area contributed by atoms with Crippen LogP contribution < -0.4 is 9.44 Å². The molecule has 0 fully saturated rings. The summed E-state index contributed by atoms with van der Waals surface area (Å²) in [5, 5.41) is 11.4. The molecule has 0 aliphatic rings. The van der Waals surface area contributed by atoms with Gasteiger partial charge in [-0.25, -0.2) is 9.44 Å². The van der Waals surface area contributed by atoms with Gasteiger partial charge in [0.25, 0.3) is 0 Å².